The Hall–Kier alpha value is 0.430. The van der Waals surface area contributed by atoms with Gasteiger partial charge < -0.3 is 0 Å². The molecular formula is C4H11P. The van der Waals surface area contributed by atoms with Gasteiger partial charge in [-0.1, -0.05) is 25.7 Å². The summed E-state index contributed by atoms with van der Waals surface area (Å²) in [5.74, 6) is 0. The van der Waals surface area contributed by atoms with Gasteiger partial charge in [0.1, 0.15) is 0 Å². The van der Waals surface area contributed by atoms with Gasteiger partial charge in [-0.2, -0.15) is 9.90 Å². The van der Waals surface area contributed by atoms with Crippen LogP contribution in [0.4, 0.5) is 0 Å². The molecule has 5 heavy (non-hydrogen) atoms. The molecule has 0 amide bonds. The van der Waals surface area contributed by atoms with Crippen molar-refractivity contribution in [3.05, 3.63) is 0 Å². The van der Waals surface area contributed by atoms with Gasteiger partial charge in [-0.15, -0.1) is 0 Å². The second-order valence-electron chi connectivity index (χ2n) is 1.41. The molecule has 1 aliphatic rings. The maximum Gasteiger partial charge on any atom is -0.0533 e. The van der Waals surface area contributed by atoms with E-state index >= 15 is 0 Å². The van der Waals surface area contributed by atoms with Crippen LogP contribution < -0.4 is 0 Å². The molecule has 1 fully saturated rings. The van der Waals surface area contributed by atoms with Gasteiger partial charge in [0.05, 0.1) is 0 Å². The van der Waals surface area contributed by atoms with Crippen LogP contribution in [0.25, 0.3) is 0 Å². The van der Waals surface area contributed by atoms with E-state index in [-0.39, 0.29) is 9.90 Å². The first-order chi connectivity index (χ1) is 2.00. The van der Waals surface area contributed by atoms with E-state index in [2.05, 4.69) is 0 Å². The van der Waals surface area contributed by atoms with E-state index < -0.39 is 0 Å². The van der Waals surface area contributed by atoms with Crippen molar-refractivity contribution in [3.8, 4) is 0 Å². The van der Waals surface area contributed by atoms with E-state index in [1.54, 1.807) is 0 Å². The largest absolute Gasteiger partial charge is 0.153 e. The van der Waals surface area contributed by atoms with Crippen LogP contribution in [0.2, 0.25) is 0 Å². The first-order valence-corrected chi connectivity index (χ1v) is 2.00. The standard InChI is InChI=1S/C4H8.H3P/c1-2-4-3-1;/h1-4H2;1H3. The lowest BCUT2D eigenvalue weighted by Crippen LogP contribution is -1.85. The molecule has 0 N–H and O–H groups in total. The summed E-state index contributed by atoms with van der Waals surface area (Å²) in [7, 11) is 0. The zero-order valence-electron chi connectivity index (χ0n) is 3.54. The van der Waals surface area contributed by atoms with Crippen molar-refractivity contribution in [1.29, 1.82) is 0 Å². The first kappa shape index (κ1) is 5.43. The Balaban J connectivity index is 0.000000160. The van der Waals surface area contributed by atoms with Crippen LogP contribution in [0.15, 0.2) is 0 Å². The number of rotatable bonds is 0. The Labute approximate surface area is 36.6 Å². The highest BCUT2D eigenvalue weighted by Gasteiger charge is 1.95. The summed E-state index contributed by atoms with van der Waals surface area (Å²) in [5.41, 5.74) is 0. The zero-order valence-corrected chi connectivity index (χ0v) is 4.95. The molecule has 1 heteroatoms. The third-order valence-electron chi connectivity index (χ3n) is 1.000. The van der Waals surface area contributed by atoms with E-state index in [9.17, 15) is 0 Å². The maximum absolute atomic E-state index is 1.50. The quantitative estimate of drug-likeness (QED) is 0.396. The Morgan fingerprint density at radius 2 is 0.800 bits per heavy atom. The van der Waals surface area contributed by atoms with E-state index in [4.69, 9.17) is 0 Å². The van der Waals surface area contributed by atoms with Crippen LogP contribution in [-0.4, -0.2) is 0 Å². The van der Waals surface area contributed by atoms with Gasteiger partial charge >= 0.3 is 0 Å². The normalized spacial score (nSPS) is 19.2. The molecule has 1 atom stereocenters. The Bertz CT molecular complexity index is 11.6. The van der Waals surface area contributed by atoms with Crippen LogP contribution in [0, 0.1) is 0 Å². The summed E-state index contributed by atoms with van der Waals surface area (Å²) in [5, 5.41) is 0. The lowest BCUT2D eigenvalue weighted by atomic mass is 10.0. The zero-order chi connectivity index (χ0) is 2.83. The van der Waals surface area contributed by atoms with Crippen molar-refractivity contribution in [2.45, 2.75) is 25.7 Å². The molecule has 0 aromatic heterocycles. The Morgan fingerprint density at radius 3 is 0.800 bits per heavy atom. The highest BCUT2D eigenvalue weighted by atomic mass is 31.0. The molecule has 0 saturated heterocycles. The average molecular weight is 90.1 g/mol. The topological polar surface area (TPSA) is 0 Å². The van der Waals surface area contributed by atoms with Gasteiger partial charge in [-0.25, -0.2) is 0 Å². The van der Waals surface area contributed by atoms with Crippen molar-refractivity contribution < 1.29 is 0 Å². The third-order valence-corrected chi connectivity index (χ3v) is 1.000. The highest BCUT2D eigenvalue weighted by molar-refractivity contribution is 6.92. The molecule has 0 nitrogen and oxygen atoms in total. The second kappa shape index (κ2) is 2.66. The minimum atomic E-state index is 0. The molecule has 0 bridgehead atoms. The molecule has 0 aromatic carbocycles. The summed E-state index contributed by atoms with van der Waals surface area (Å²) < 4.78 is 0. The molecule has 0 aliphatic heterocycles. The van der Waals surface area contributed by atoms with Gasteiger partial charge in [0.2, 0.25) is 0 Å². The number of hydrogen-bond acceptors (Lipinski definition) is 0. The smallest absolute Gasteiger partial charge is 0.0533 e. The Morgan fingerprint density at radius 1 is 0.600 bits per heavy atom. The number of hydrogen-bond donors (Lipinski definition) is 0. The molecule has 1 unspecified atom stereocenters. The van der Waals surface area contributed by atoms with Crippen molar-refractivity contribution in [2.24, 2.45) is 0 Å². The van der Waals surface area contributed by atoms with E-state index in [0.29, 0.717) is 0 Å². The molecule has 1 saturated carbocycles. The minimum absolute atomic E-state index is 0. The predicted octanol–water partition coefficient (Wildman–Crippen LogP) is 1.62. The van der Waals surface area contributed by atoms with Gasteiger partial charge in [0.25, 0.3) is 0 Å². The monoisotopic (exact) mass is 90.1 g/mol. The van der Waals surface area contributed by atoms with Crippen molar-refractivity contribution in [1.82, 2.24) is 0 Å². The summed E-state index contributed by atoms with van der Waals surface area (Å²) >= 11 is 0. The lowest BCUT2D eigenvalue weighted by molar-refractivity contribution is 0.504. The second-order valence-corrected chi connectivity index (χ2v) is 1.41. The molecule has 32 valence electrons. The summed E-state index contributed by atoms with van der Waals surface area (Å²) in [6, 6.07) is 0. The van der Waals surface area contributed by atoms with Crippen LogP contribution >= 0.6 is 9.90 Å². The summed E-state index contributed by atoms with van der Waals surface area (Å²) in [4.78, 5) is 0. The predicted molar refractivity (Wildman–Crippen MR) is 29.6 cm³/mol. The van der Waals surface area contributed by atoms with E-state index in [0.717, 1.165) is 0 Å². The fourth-order valence-electron chi connectivity index (χ4n) is 0.250. The first-order valence-electron chi connectivity index (χ1n) is 2.00. The molecule has 0 heterocycles. The molecule has 0 radical (unpaired) electrons. The van der Waals surface area contributed by atoms with Gasteiger partial charge in [0, 0.05) is 0 Å². The SMILES string of the molecule is C1CCC1.P. The van der Waals surface area contributed by atoms with Gasteiger partial charge in [-0.05, 0) is 0 Å². The van der Waals surface area contributed by atoms with Crippen molar-refractivity contribution in [3.63, 3.8) is 0 Å². The van der Waals surface area contributed by atoms with Gasteiger partial charge in [0.15, 0.2) is 0 Å². The van der Waals surface area contributed by atoms with Crippen molar-refractivity contribution >= 4 is 9.90 Å². The lowest BCUT2D eigenvalue weighted by Gasteiger charge is -2.05. The highest BCUT2D eigenvalue weighted by Crippen LogP contribution is 2.15. The fourth-order valence-corrected chi connectivity index (χ4v) is 0.250. The molecular weight excluding hydrogens is 79.0 g/mol. The minimum Gasteiger partial charge on any atom is -0.153 e. The third kappa shape index (κ3) is 1.33. The average Bonchev–Trinajstić information content (AvgIpc) is 0.722. The summed E-state index contributed by atoms with van der Waals surface area (Å²) in [6.07, 6.45) is 6.00. The molecule has 1 aliphatic carbocycles. The summed E-state index contributed by atoms with van der Waals surface area (Å²) in [6.45, 7) is 0. The van der Waals surface area contributed by atoms with Gasteiger partial charge in [-0.3, -0.25) is 0 Å². The molecule has 0 aromatic rings. The van der Waals surface area contributed by atoms with Crippen molar-refractivity contribution in [2.75, 3.05) is 0 Å². The fraction of sp³-hybridized carbons (Fsp3) is 1.00. The molecule has 0 spiro atoms. The van der Waals surface area contributed by atoms with Crippen LogP contribution in [0.5, 0.6) is 0 Å². The van der Waals surface area contributed by atoms with E-state index in [1.165, 1.54) is 25.7 Å². The van der Waals surface area contributed by atoms with Crippen LogP contribution in [-0.2, 0) is 0 Å². The maximum atomic E-state index is 1.50. The molecule has 1 rings (SSSR count). The Kier molecular flexibility index (Phi) is 2.88. The van der Waals surface area contributed by atoms with Crippen LogP contribution in [0.1, 0.15) is 25.7 Å². The van der Waals surface area contributed by atoms with Crippen LogP contribution in [0.3, 0.4) is 0 Å². The van der Waals surface area contributed by atoms with E-state index in [1.807, 2.05) is 0 Å².